The Balaban J connectivity index is 1.69. The Morgan fingerprint density at radius 1 is 1.37 bits per heavy atom. The summed E-state index contributed by atoms with van der Waals surface area (Å²) < 4.78 is 5.74. The van der Waals surface area contributed by atoms with Gasteiger partial charge in [0, 0.05) is 17.5 Å². The zero-order valence-corrected chi connectivity index (χ0v) is 11.5. The summed E-state index contributed by atoms with van der Waals surface area (Å²) in [5.41, 5.74) is 5.63. The van der Waals surface area contributed by atoms with Crippen LogP contribution in [0.5, 0.6) is 5.75 Å². The van der Waals surface area contributed by atoms with Gasteiger partial charge in [0.25, 0.3) is 0 Å². The molecule has 2 unspecified atom stereocenters. The molecule has 3 rings (SSSR count). The molecule has 0 fully saturated rings. The fraction of sp³-hybridized carbons (Fsp3) is 0.333. The van der Waals surface area contributed by atoms with E-state index in [1.54, 1.807) is 11.3 Å². The molecule has 0 amide bonds. The van der Waals surface area contributed by atoms with Gasteiger partial charge in [-0.1, -0.05) is 18.2 Å². The van der Waals surface area contributed by atoms with Crippen LogP contribution in [-0.4, -0.2) is 12.6 Å². The summed E-state index contributed by atoms with van der Waals surface area (Å²) in [6.45, 7) is 0.720. The second-order valence-electron chi connectivity index (χ2n) is 4.90. The maximum atomic E-state index is 5.75. The Bertz CT molecular complexity index is 527. The minimum Gasteiger partial charge on any atom is -0.493 e. The third-order valence-corrected chi connectivity index (χ3v) is 4.49. The van der Waals surface area contributed by atoms with Crippen molar-refractivity contribution in [3.05, 3.63) is 52.2 Å². The molecule has 0 aliphatic carbocycles. The predicted octanol–water partition coefficient (Wildman–Crippen LogP) is 2.69. The molecule has 0 bridgehead atoms. The van der Waals surface area contributed by atoms with Gasteiger partial charge >= 0.3 is 0 Å². The smallest absolute Gasteiger partial charge is 0.122 e. The van der Waals surface area contributed by atoms with Crippen LogP contribution in [0.4, 0.5) is 0 Å². The molecule has 19 heavy (non-hydrogen) atoms. The molecule has 0 spiro atoms. The fourth-order valence-corrected chi connectivity index (χ4v) is 3.38. The lowest BCUT2D eigenvalue weighted by Gasteiger charge is -2.21. The van der Waals surface area contributed by atoms with E-state index in [-0.39, 0.29) is 6.04 Å². The van der Waals surface area contributed by atoms with Gasteiger partial charge in [0.2, 0.25) is 0 Å². The van der Waals surface area contributed by atoms with Crippen molar-refractivity contribution < 1.29 is 4.74 Å². The van der Waals surface area contributed by atoms with Crippen LogP contribution in [0.25, 0.3) is 0 Å². The second kappa shape index (κ2) is 5.74. The summed E-state index contributed by atoms with van der Waals surface area (Å²) in [6.07, 6.45) is 2.08. The van der Waals surface area contributed by atoms with Gasteiger partial charge in [-0.25, -0.2) is 0 Å². The van der Waals surface area contributed by atoms with Crippen LogP contribution in [0.1, 0.15) is 23.5 Å². The highest BCUT2D eigenvalue weighted by Crippen LogP contribution is 2.36. The van der Waals surface area contributed by atoms with Crippen LogP contribution >= 0.6 is 11.3 Å². The first-order valence-electron chi connectivity index (χ1n) is 6.57. The number of benzene rings is 1. The van der Waals surface area contributed by atoms with Gasteiger partial charge in [0.15, 0.2) is 0 Å². The van der Waals surface area contributed by atoms with Gasteiger partial charge < -0.3 is 4.74 Å². The van der Waals surface area contributed by atoms with Crippen molar-refractivity contribution in [2.24, 2.45) is 5.84 Å². The van der Waals surface area contributed by atoms with Gasteiger partial charge in [-0.05, 0) is 41.3 Å². The van der Waals surface area contributed by atoms with Crippen LogP contribution in [0.3, 0.4) is 0 Å². The number of para-hydroxylation sites is 1. The molecule has 1 aliphatic rings. The number of nitrogens with two attached hydrogens (primary N) is 1. The van der Waals surface area contributed by atoms with E-state index in [2.05, 4.69) is 34.4 Å². The van der Waals surface area contributed by atoms with E-state index in [4.69, 9.17) is 10.6 Å². The van der Waals surface area contributed by atoms with Crippen molar-refractivity contribution in [1.82, 2.24) is 5.43 Å². The van der Waals surface area contributed by atoms with Crippen molar-refractivity contribution >= 4 is 11.3 Å². The molecule has 1 aliphatic heterocycles. The van der Waals surface area contributed by atoms with E-state index >= 15 is 0 Å². The Morgan fingerprint density at radius 3 is 3.05 bits per heavy atom. The van der Waals surface area contributed by atoms with Gasteiger partial charge in [-0.3, -0.25) is 11.3 Å². The average molecular weight is 274 g/mol. The Morgan fingerprint density at radius 2 is 2.26 bits per heavy atom. The van der Waals surface area contributed by atoms with Crippen molar-refractivity contribution in [3.63, 3.8) is 0 Å². The van der Waals surface area contributed by atoms with Gasteiger partial charge in [-0.15, -0.1) is 0 Å². The quantitative estimate of drug-likeness (QED) is 0.651. The standard InChI is InChI=1S/C15H18N2OS/c16-17-14(6-5-11-7-8-19-10-11)13-9-18-15-4-2-1-3-12(13)15/h1-4,7-8,10,13-14,17H,5-6,9,16H2. The Labute approximate surface area is 117 Å². The summed E-state index contributed by atoms with van der Waals surface area (Å²) in [5.74, 6) is 7.10. The van der Waals surface area contributed by atoms with Crippen molar-refractivity contribution in [1.29, 1.82) is 0 Å². The van der Waals surface area contributed by atoms with E-state index in [9.17, 15) is 0 Å². The fourth-order valence-electron chi connectivity index (χ4n) is 2.68. The number of aryl methyl sites for hydroxylation is 1. The average Bonchev–Trinajstić information content (AvgIpc) is 3.09. The number of rotatable bonds is 5. The monoisotopic (exact) mass is 274 g/mol. The van der Waals surface area contributed by atoms with Crippen LogP contribution < -0.4 is 16.0 Å². The number of hydrogen-bond acceptors (Lipinski definition) is 4. The topological polar surface area (TPSA) is 47.3 Å². The summed E-state index contributed by atoms with van der Waals surface area (Å²) >= 11 is 1.74. The summed E-state index contributed by atoms with van der Waals surface area (Å²) in [5, 5.41) is 4.32. The second-order valence-corrected chi connectivity index (χ2v) is 5.68. The van der Waals surface area contributed by atoms with E-state index < -0.39 is 0 Å². The SMILES string of the molecule is NNC(CCc1ccsc1)C1COc2ccccc21. The molecular formula is C15H18N2OS. The minimum absolute atomic E-state index is 0.253. The molecule has 4 heteroatoms. The largest absolute Gasteiger partial charge is 0.493 e. The lowest BCUT2D eigenvalue weighted by molar-refractivity contribution is 0.292. The molecule has 2 heterocycles. The number of ether oxygens (including phenoxy) is 1. The first-order valence-corrected chi connectivity index (χ1v) is 7.51. The lowest BCUT2D eigenvalue weighted by Crippen LogP contribution is -2.40. The molecule has 1 aromatic heterocycles. The van der Waals surface area contributed by atoms with Crippen molar-refractivity contribution in [2.45, 2.75) is 24.8 Å². The van der Waals surface area contributed by atoms with Crippen molar-refractivity contribution in [2.75, 3.05) is 6.61 Å². The number of hydrogen-bond donors (Lipinski definition) is 2. The third kappa shape index (κ3) is 2.66. The molecular weight excluding hydrogens is 256 g/mol. The predicted molar refractivity (Wildman–Crippen MR) is 78.4 cm³/mol. The highest BCUT2D eigenvalue weighted by molar-refractivity contribution is 7.07. The van der Waals surface area contributed by atoms with Gasteiger partial charge in [-0.2, -0.15) is 11.3 Å². The summed E-state index contributed by atoms with van der Waals surface area (Å²) in [7, 11) is 0. The molecule has 0 radical (unpaired) electrons. The number of hydrazine groups is 1. The first kappa shape index (κ1) is 12.7. The number of thiophene rings is 1. The molecule has 3 nitrogen and oxygen atoms in total. The van der Waals surface area contributed by atoms with Gasteiger partial charge in [0.05, 0.1) is 6.61 Å². The van der Waals surface area contributed by atoms with E-state index in [0.29, 0.717) is 5.92 Å². The molecule has 0 saturated carbocycles. The zero-order valence-electron chi connectivity index (χ0n) is 10.7. The van der Waals surface area contributed by atoms with Gasteiger partial charge in [0.1, 0.15) is 5.75 Å². The van der Waals surface area contributed by atoms with Crippen LogP contribution in [0.2, 0.25) is 0 Å². The minimum atomic E-state index is 0.253. The number of fused-ring (bicyclic) bond motifs is 1. The molecule has 2 aromatic rings. The molecule has 100 valence electrons. The van der Waals surface area contributed by atoms with E-state index in [1.165, 1.54) is 11.1 Å². The molecule has 1 aromatic carbocycles. The lowest BCUT2D eigenvalue weighted by atomic mass is 9.90. The third-order valence-electron chi connectivity index (χ3n) is 3.76. The van der Waals surface area contributed by atoms with Crippen LogP contribution in [0.15, 0.2) is 41.1 Å². The highest BCUT2D eigenvalue weighted by Gasteiger charge is 2.30. The first-order chi connectivity index (χ1) is 9.38. The van der Waals surface area contributed by atoms with E-state index in [1.807, 2.05) is 12.1 Å². The van der Waals surface area contributed by atoms with Crippen LogP contribution in [-0.2, 0) is 6.42 Å². The summed E-state index contributed by atoms with van der Waals surface area (Å²) in [6, 6.07) is 10.7. The Kier molecular flexibility index (Phi) is 3.82. The van der Waals surface area contributed by atoms with Crippen LogP contribution in [0, 0.1) is 0 Å². The highest BCUT2D eigenvalue weighted by atomic mass is 32.1. The summed E-state index contributed by atoms with van der Waals surface area (Å²) in [4.78, 5) is 0. The maximum absolute atomic E-state index is 5.75. The molecule has 2 atom stereocenters. The normalized spacial score (nSPS) is 18.9. The number of nitrogens with one attached hydrogen (secondary N) is 1. The molecule has 3 N–H and O–H groups in total. The van der Waals surface area contributed by atoms with Crippen molar-refractivity contribution in [3.8, 4) is 5.75 Å². The Hall–Kier alpha value is -1.36. The molecule has 0 saturated heterocycles. The zero-order chi connectivity index (χ0) is 13.1. The van der Waals surface area contributed by atoms with E-state index in [0.717, 1.165) is 25.2 Å². The maximum Gasteiger partial charge on any atom is 0.122 e.